The molecule has 2 heterocycles. The van der Waals surface area contributed by atoms with Crippen molar-refractivity contribution in [3.8, 4) is 0 Å². The van der Waals surface area contributed by atoms with Crippen molar-refractivity contribution in [2.24, 2.45) is 5.92 Å². The molecular weight excluding hydrogens is 395 g/mol. The van der Waals surface area contributed by atoms with Gasteiger partial charge in [0.15, 0.2) is 0 Å². The Labute approximate surface area is 164 Å². The molecule has 2 aliphatic rings. The Bertz CT molecular complexity index is 755. The van der Waals surface area contributed by atoms with Crippen LogP contribution in [0.4, 0.5) is 4.39 Å². The molecule has 0 aromatic heterocycles. The number of amides is 1. The molecule has 1 aromatic rings. The standard InChI is InChI=1S/C18H24ClFN2O4S/c19-16-4-1-5-17(20)15(16)12-27(24,25)22-8-6-13(7-9-22)18(23)21-11-14-3-2-10-26-14/h1,4-5,13-14H,2-3,6-12H2,(H,21,23). The highest BCUT2D eigenvalue weighted by Gasteiger charge is 2.32. The van der Waals surface area contributed by atoms with Crippen molar-refractivity contribution in [3.05, 3.63) is 34.6 Å². The summed E-state index contributed by atoms with van der Waals surface area (Å²) in [4.78, 5) is 12.3. The zero-order valence-electron chi connectivity index (χ0n) is 15.0. The first-order valence-electron chi connectivity index (χ1n) is 9.17. The second-order valence-corrected chi connectivity index (χ2v) is 9.39. The lowest BCUT2D eigenvalue weighted by molar-refractivity contribution is -0.126. The number of benzene rings is 1. The fourth-order valence-electron chi connectivity index (χ4n) is 3.50. The number of hydrogen-bond acceptors (Lipinski definition) is 4. The fourth-order valence-corrected chi connectivity index (χ4v) is 5.42. The Morgan fingerprint density at radius 3 is 2.67 bits per heavy atom. The molecule has 9 heteroatoms. The van der Waals surface area contributed by atoms with Gasteiger partial charge < -0.3 is 10.1 Å². The Hall–Kier alpha value is -1.22. The van der Waals surface area contributed by atoms with Crippen LogP contribution in [0.1, 0.15) is 31.2 Å². The van der Waals surface area contributed by atoms with Gasteiger partial charge >= 0.3 is 0 Å². The van der Waals surface area contributed by atoms with Crippen molar-refractivity contribution in [1.29, 1.82) is 0 Å². The Morgan fingerprint density at radius 1 is 1.30 bits per heavy atom. The van der Waals surface area contributed by atoms with E-state index >= 15 is 0 Å². The van der Waals surface area contributed by atoms with E-state index in [0.29, 0.717) is 19.4 Å². The lowest BCUT2D eigenvalue weighted by atomic mass is 9.97. The normalized spacial score (nSPS) is 22.1. The minimum absolute atomic E-state index is 0.0180. The molecule has 0 aliphatic carbocycles. The third-order valence-electron chi connectivity index (χ3n) is 5.13. The van der Waals surface area contributed by atoms with Crippen molar-refractivity contribution in [2.75, 3.05) is 26.2 Å². The molecule has 1 amide bonds. The van der Waals surface area contributed by atoms with Crippen LogP contribution in [-0.2, 0) is 25.3 Å². The van der Waals surface area contributed by atoms with E-state index in [1.807, 2.05) is 0 Å². The molecule has 0 spiro atoms. The van der Waals surface area contributed by atoms with Gasteiger partial charge in [-0.3, -0.25) is 4.79 Å². The van der Waals surface area contributed by atoms with Gasteiger partial charge in [-0.15, -0.1) is 0 Å². The molecule has 0 bridgehead atoms. The minimum Gasteiger partial charge on any atom is -0.376 e. The summed E-state index contributed by atoms with van der Waals surface area (Å²) in [5.74, 6) is -1.38. The van der Waals surface area contributed by atoms with Crippen LogP contribution in [0.5, 0.6) is 0 Å². The smallest absolute Gasteiger partial charge is 0.223 e. The summed E-state index contributed by atoms with van der Waals surface area (Å²) in [6.45, 7) is 1.73. The highest BCUT2D eigenvalue weighted by molar-refractivity contribution is 7.88. The molecule has 1 atom stereocenters. The van der Waals surface area contributed by atoms with E-state index in [1.165, 1.54) is 22.5 Å². The predicted molar refractivity (Wildman–Crippen MR) is 100 cm³/mol. The summed E-state index contributed by atoms with van der Waals surface area (Å²) >= 11 is 5.94. The van der Waals surface area contributed by atoms with Crippen molar-refractivity contribution in [2.45, 2.75) is 37.5 Å². The Kier molecular flexibility index (Phi) is 6.73. The number of carbonyl (C=O) groups is 1. The van der Waals surface area contributed by atoms with Gasteiger partial charge in [0, 0.05) is 42.7 Å². The monoisotopic (exact) mass is 418 g/mol. The van der Waals surface area contributed by atoms with Gasteiger partial charge in [0.05, 0.1) is 11.9 Å². The Morgan fingerprint density at radius 2 is 2.04 bits per heavy atom. The first-order valence-corrected chi connectivity index (χ1v) is 11.2. The maximum Gasteiger partial charge on any atom is 0.223 e. The summed E-state index contributed by atoms with van der Waals surface area (Å²) in [5, 5.41) is 3.00. The van der Waals surface area contributed by atoms with Gasteiger partial charge in [0.25, 0.3) is 0 Å². The van der Waals surface area contributed by atoms with E-state index in [4.69, 9.17) is 16.3 Å². The number of sulfonamides is 1. The zero-order chi connectivity index (χ0) is 19.4. The summed E-state index contributed by atoms with van der Waals surface area (Å²) in [7, 11) is -3.70. The predicted octanol–water partition coefficient (Wildman–Crippen LogP) is 2.32. The lowest BCUT2D eigenvalue weighted by Crippen LogP contribution is -2.44. The maximum atomic E-state index is 13.9. The largest absolute Gasteiger partial charge is 0.376 e. The van der Waals surface area contributed by atoms with E-state index < -0.39 is 21.6 Å². The van der Waals surface area contributed by atoms with Gasteiger partial charge in [-0.25, -0.2) is 17.1 Å². The second-order valence-electron chi connectivity index (χ2n) is 7.01. The number of hydrogen-bond donors (Lipinski definition) is 1. The first-order chi connectivity index (χ1) is 12.9. The van der Waals surface area contributed by atoms with Gasteiger partial charge in [-0.05, 0) is 37.8 Å². The summed E-state index contributed by atoms with van der Waals surface area (Å²) < 4.78 is 45.9. The molecule has 1 N–H and O–H groups in total. The molecule has 6 nitrogen and oxygen atoms in total. The quantitative estimate of drug-likeness (QED) is 0.769. The number of rotatable bonds is 6. The highest BCUT2D eigenvalue weighted by Crippen LogP contribution is 2.26. The Balaban J connectivity index is 1.52. The van der Waals surface area contributed by atoms with Gasteiger partial charge in [0.1, 0.15) is 5.82 Å². The third-order valence-corrected chi connectivity index (χ3v) is 7.29. The third kappa shape index (κ3) is 5.19. The molecule has 1 unspecified atom stereocenters. The van der Waals surface area contributed by atoms with E-state index in [2.05, 4.69) is 5.32 Å². The van der Waals surface area contributed by atoms with Crippen molar-refractivity contribution in [1.82, 2.24) is 9.62 Å². The van der Waals surface area contributed by atoms with Crippen LogP contribution < -0.4 is 5.32 Å². The summed E-state index contributed by atoms with van der Waals surface area (Å²) in [6.07, 6.45) is 2.95. The second kappa shape index (κ2) is 8.86. The van der Waals surface area contributed by atoms with Crippen LogP contribution in [0.15, 0.2) is 18.2 Å². The van der Waals surface area contributed by atoms with E-state index in [1.54, 1.807) is 0 Å². The highest BCUT2D eigenvalue weighted by atomic mass is 35.5. The summed E-state index contributed by atoms with van der Waals surface area (Å²) in [6, 6.07) is 4.11. The van der Waals surface area contributed by atoms with Gasteiger partial charge in [0.2, 0.25) is 15.9 Å². The molecule has 27 heavy (non-hydrogen) atoms. The number of nitrogens with zero attached hydrogens (tertiary/aromatic N) is 1. The van der Waals surface area contributed by atoms with E-state index in [9.17, 15) is 17.6 Å². The average molecular weight is 419 g/mol. The number of carbonyl (C=O) groups excluding carboxylic acids is 1. The number of ether oxygens (including phenoxy) is 1. The van der Waals surface area contributed by atoms with Crippen molar-refractivity contribution < 1.29 is 22.3 Å². The molecule has 0 radical (unpaired) electrons. The van der Waals surface area contributed by atoms with Crippen LogP contribution >= 0.6 is 11.6 Å². The molecule has 150 valence electrons. The molecular formula is C18H24ClFN2O4S. The lowest BCUT2D eigenvalue weighted by Gasteiger charge is -2.30. The molecule has 2 fully saturated rings. The molecule has 0 saturated carbocycles. The topological polar surface area (TPSA) is 75.7 Å². The van der Waals surface area contributed by atoms with Crippen LogP contribution in [0.3, 0.4) is 0 Å². The maximum absolute atomic E-state index is 13.9. The van der Waals surface area contributed by atoms with E-state index in [-0.39, 0.29) is 41.6 Å². The average Bonchev–Trinajstić information content (AvgIpc) is 3.17. The minimum atomic E-state index is -3.70. The SMILES string of the molecule is O=C(NCC1CCCO1)C1CCN(S(=O)(=O)Cc2c(F)cccc2Cl)CC1. The number of piperidine rings is 1. The molecule has 3 rings (SSSR count). The van der Waals surface area contributed by atoms with Crippen molar-refractivity contribution >= 4 is 27.5 Å². The number of halogens is 2. The van der Waals surface area contributed by atoms with Crippen LogP contribution in [-0.4, -0.2) is 51.0 Å². The molecule has 2 saturated heterocycles. The van der Waals surface area contributed by atoms with Gasteiger partial charge in [-0.1, -0.05) is 17.7 Å². The fraction of sp³-hybridized carbons (Fsp3) is 0.611. The van der Waals surface area contributed by atoms with Crippen LogP contribution in [0.2, 0.25) is 5.02 Å². The summed E-state index contributed by atoms with van der Waals surface area (Å²) in [5.41, 5.74) is -0.0180. The molecule has 2 aliphatic heterocycles. The van der Waals surface area contributed by atoms with Crippen LogP contribution in [0, 0.1) is 11.7 Å². The molecule has 1 aromatic carbocycles. The van der Waals surface area contributed by atoms with Crippen LogP contribution in [0.25, 0.3) is 0 Å². The van der Waals surface area contributed by atoms with Gasteiger partial charge in [-0.2, -0.15) is 0 Å². The zero-order valence-corrected chi connectivity index (χ0v) is 16.6. The number of nitrogens with one attached hydrogen (secondary N) is 1. The van der Waals surface area contributed by atoms with Crippen molar-refractivity contribution in [3.63, 3.8) is 0 Å². The first kappa shape index (κ1) is 20.5. The van der Waals surface area contributed by atoms with E-state index in [0.717, 1.165) is 19.4 Å².